The van der Waals surface area contributed by atoms with Crippen molar-refractivity contribution in [2.45, 2.75) is 77.4 Å². The Labute approximate surface area is 165 Å². The van der Waals surface area contributed by atoms with Gasteiger partial charge < -0.3 is 4.74 Å². The van der Waals surface area contributed by atoms with Crippen LogP contribution in [0.15, 0.2) is 30.3 Å². The van der Waals surface area contributed by atoms with Crippen molar-refractivity contribution in [3.05, 3.63) is 70.0 Å². The fourth-order valence-corrected chi connectivity index (χ4v) is 4.07. The number of hydrogen-bond donors (Lipinski definition) is 0. The molecular weight excluding hydrogens is 361 g/mol. The van der Waals surface area contributed by atoms with Crippen LogP contribution in [0, 0.1) is 17.5 Å². The minimum absolute atomic E-state index is 0.0359. The molecule has 4 heteroatoms. The Kier molecular flexibility index (Phi) is 7.17. The van der Waals surface area contributed by atoms with Crippen LogP contribution in [0.5, 0.6) is 0 Å². The zero-order valence-corrected chi connectivity index (χ0v) is 16.7. The van der Waals surface area contributed by atoms with Crippen LogP contribution in [0.1, 0.15) is 74.1 Å². The molecule has 2 aromatic carbocycles. The van der Waals surface area contributed by atoms with E-state index in [9.17, 15) is 13.2 Å². The minimum atomic E-state index is -0.796. The molecule has 1 aliphatic carbocycles. The molecule has 0 saturated heterocycles. The third-order valence-corrected chi connectivity index (χ3v) is 5.84. The van der Waals surface area contributed by atoms with Gasteiger partial charge in [-0.15, -0.1) is 0 Å². The van der Waals surface area contributed by atoms with Crippen LogP contribution < -0.4 is 0 Å². The summed E-state index contributed by atoms with van der Waals surface area (Å²) in [6.07, 6.45) is 5.74. The quantitative estimate of drug-likeness (QED) is 0.502. The van der Waals surface area contributed by atoms with E-state index in [4.69, 9.17) is 4.74 Å². The van der Waals surface area contributed by atoms with E-state index in [1.54, 1.807) is 25.1 Å². The lowest BCUT2D eigenvalue weighted by molar-refractivity contribution is 0.0118. The van der Waals surface area contributed by atoms with Crippen LogP contribution >= 0.6 is 0 Å². The number of ether oxygens (including phenoxy) is 1. The van der Waals surface area contributed by atoms with Crippen molar-refractivity contribution >= 4 is 0 Å². The molecule has 1 nitrogen and oxygen atoms in total. The highest BCUT2D eigenvalue weighted by Crippen LogP contribution is 2.35. The fourth-order valence-electron chi connectivity index (χ4n) is 4.07. The molecule has 0 amide bonds. The molecule has 0 heterocycles. The van der Waals surface area contributed by atoms with Gasteiger partial charge in [0, 0.05) is 5.56 Å². The molecule has 0 spiro atoms. The summed E-state index contributed by atoms with van der Waals surface area (Å²) in [5.74, 6) is -1.33. The molecule has 0 atom stereocenters. The first-order valence-electron chi connectivity index (χ1n) is 10.4. The second-order valence-corrected chi connectivity index (χ2v) is 7.75. The second-order valence-electron chi connectivity index (χ2n) is 7.75. The molecule has 0 aromatic heterocycles. The van der Waals surface area contributed by atoms with Crippen LogP contribution in [0.4, 0.5) is 13.2 Å². The predicted molar refractivity (Wildman–Crippen MR) is 106 cm³/mol. The van der Waals surface area contributed by atoms with Crippen LogP contribution in [-0.2, 0) is 24.2 Å². The van der Waals surface area contributed by atoms with Gasteiger partial charge in [0.2, 0.25) is 0 Å². The van der Waals surface area contributed by atoms with Gasteiger partial charge in [-0.2, -0.15) is 0 Å². The molecule has 0 unspecified atom stereocenters. The van der Waals surface area contributed by atoms with Gasteiger partial charge in [0.25, 0.3) is 0 Å². The van der Waals surface area contributed by atoms with E-state index in [1.807, 2.05) is 19.1 Å². The Morgan fingerprint density at radius 3 is 2.14 bits per heavy atom. The van der Waals surface area contributed by atoms with Crippen molar-refractivity contribution in [3.8, 4) is 0 Å². The topological polar surface area (TPSA) is 9.23 Å². The zero-order valence-electron chi connectivity index (χ0n) is 16.7. The van der Waals surface area contributed by atoms with Crippen LogP contribution in [0.3, 0.4) is 0 Å². The maximum atomic E-state index is 14.2. The fraction of sp³-hybridized carbons (Fsp3) is 0.500. The zero-order chi connectivity index (χ0) is 20.1. The molecule has 1 aliphatic rings. The van der Waals surface area contributed by atoms with Crippen LogP contribution in [0.25, 0.3) is 0 Å². The lowest BCUT2D eigenvalue weighted by atomic mass is 9.82. The Morgan fingerprint density at radius 2 is 1.50 bits per heavy atom. The third-order valence-electron chi connectivity index (χ3n) is 5.84. The third kappa shape index (κ3) is 4.78. The minimum Gasteiger partial charge on any atom is -0.373 e. The normalized spacial score (nSPS) is 19.8. The van der Waals surface area contributed by atoms with Crippen molar-refractivity contribution in [2.75, 3.05) is 0 Å². The van der Waals surface area contributed by atoms with E-state index in [0.717, 1.165) is 49.7 Å². The number of hydrogen-bond acceptors (Lipinski definition) is 1. The highest BCUT2D eigenvalue weighted by Gasteiger charge is 2.24. The smallest absolute Gasteiger partial charge is 0.164 e. The number of benzene rings is 2. The van der Waals surface area contributed by atoms with Gasteiger partial charge in [0.15, 0.2) is 11.6 Å². The van der Waals surface area contributed by atoms with E-state index in [1.165, 1.54) is 0 Å². The first kappa shape index (κ1) is 20.9. The van der Waals surface area contributed by atoms with Gasteiger partial charge in [0.1, 0.15) is 5.82 Å². The summed E-state index contributed by atoms with van der Waals surface area (Å²) in [4.78, 5) is 0. The Balaban J connectivity index is 1.53. The first-order valence-corrected chi connectivity index (χ1v) is 10.4. The summed E-state index contributed by atoms with van der Waals surface area (Å²) < 4.78 is 48.1. The highest BCUT2D eigenvalue weighted by molar-refractivity contribution is 5.28. The van der Waals surface area contributed by atoms with Crippen molar-refractivity contribution in [2.24, 2.45) is 0 Å². The SMILES string of the molecule is CCCc1ccc(C2CCC(OCc3ccc(CC)c(F)c3F)CC2)cc1F. The molecule has 0 N–H and O–H groups in total. The van der Waals surface area contributed by atoms with Gasteiger partial charge in [-0.05, 0) is 67.2 Å². The number of halogens is 3. The first-order chi connectivity index (χ1) is 13.5. The molecule has 152 valence electrons. The van der Waals surface area contributed by atoms with Crippen molar-refractivity contribution < 1.29 is 17.9 Å². The second kappa shape index (κ2) is 9.60. The van der Waals surface area contributed by atoms with Gasteiger partial charge in [-0.3, -0.25) is 0 Å². The molecule has 28 heavy (non-hydrogen) atoms. The molecule has 2 aromatic rings. The molecular formula is C24H29F3O. The Morgan fingerprint density at radius 1 is 0.857 bits per heavy atom. The Hall–Kier alpha value is -1.81. The Bertz CT molecular complexity index is 795. The van der Waals surface area contributed by atoms with Crippen molar-refractivity contribution in [3.63, 3.8) is 0 Å². The molecule has 0 aliphatic heterocycles. The van der Waals surface area contributed by atoms with Crippen molar-refractivity contribution in [1.29, 1.82) is 0 Å². The largest absolute Gasteiger partial charge is 0.373 e. The van der Waals surface area contributed by atoms with E-state index in [2.05, 4.69) is 0 Å². The van der Waals surface area contributed by atoms with Crippen molar-refractivity contribution in [1.82, 2.24) is 0 Å². The number of rotatable bonds is 7. The summed E-state index contributed by atoms with van der Waals surface area (Å²) in [5.41, 5.74) is 2.50. The lowest BCUT2D eigenvalue weighted by Crippen LogP contribution is -2.21. The molecule has 0 radical (unpaired) electrons. The monoisotopic (exact) mass is 390 g/mol. The summed E-state index contributed by atoms with van der Waals surface area (Å²) in [7, 11) is 0. The van der Waals surface area contributed by atoms with E-state index in [0.29, 0.717) is 17.9 Å². The predicted octanol–water partition coefficient (Wildman–Crippen LogP) is 6.86. The maximum Gasteiger partial charge on any atom is 0.164 e. The number of aryl methyl sites for hydroxylation is 2. The van der Waals surface area contributed by atoms with E-state index in [-0.39, 0.29) is 24.1 Å². The summed E-state index contributed by atoms with van der Waals surface area (Å²) in [5, 5.41) is 0. The molecule has 0 bridgehead atoms. The molecule has 3 rings (SSSR count). The molecule has 1 fully saturated rings. The maximum absolute atomic E-state index is 14.2. The van der Waals surface area contributed by atoms with Gasteiger partial charge in [-0.25, -0.2) is 13.2 Å². The average Bonchev–Trinajstić information content (AvgIpc) is 2.71. The summed E-state index contributed by atoms with van der Waals surface area (Å²) >= 11 is 0. The van der Waals surface area contributed by atoms with Gasteiger partial charge in [0.05, 0.1) is 12.7 Å². The summed E-state index contributed by atoms with van der Waals surface area (Å²) in [6.45, 7) is 3.94. The highest BCUT2D eigenvalue weighted by atomic mass is 19.2. The summed E-state index contributed by atoms with van der Waals surface area (Å²) in [6, 6.07) is 8.89. The average molecular weight is 390 g/mol. The standard InChI is InChI=1S/C24H29F3O/c1-3-5-18-7-8-19(14-22(18)25)17-10-12-21(13-11-17)28-15-20-9-6-16(4-2)23(26)24(20)27/h6-9,14,17,21H,3-5,10-13,15H2,1-2H3. The van der Waals surface area contributed by atoms with Crippen LogP contribution in [-0.4, -0.2) is 6.10 Å². The van der Waals surface area contributed by atoms with E-state index >= 15 is 0 Å². The van der Waals surface area contributed by atoms with Crippen LogP contribution in [0.2, 0.25) is 0 Å². The molecule has 1 saturated carbocycles. The van der Waals surface area contributed by atoms with Gasteiger partial charge in [-0.1, -0.05) is 44.5 Å². The van der Waals surface area contributed by atoms with E-state index < -0.39 is 11.6 Å². The lowest BCUT2D eigenvalue weighted by Gasteiger charge is -2.29. The van der Waals surface area contributed by atoms with Gasteiger partial charge >= 0.3 is 0 Å².